The average Bonchev–Trinajstić information content (AvgIpc) is 3.07. The first-order valence-corrected chi connectivity index (χ1v) is 6.95. The van der Waals surface area contributed by atoms with Crippen LogP contribution >= 0.6 is 11.3 Å². The van der Waals surface area contributed by atoms with Gasteiger partial charge in [-0.25, -0.2) is 9.78 Å². The summed E-state index contributed by atoms with van der Waals surface area (Å²) in [6.45, 7) is 3.52. The quantitative estimate of drug-likeness (QED) is 0.795. The van der Waals surface area contributed by atoms with Crippen molar-refractivity contribution >= 4 is 17.3 Å². The summed E-state index contributed by atoms with van der Waals surface area (Å²) in [4.78, 5) is 19.9. The predicted molar refractivity (Wildman–Crippen MR) is 74.2 cm³/mol. The van der Waals surface area contributed by atoms with Crippen molar-refractivity contribution in [1.82, 2.24) is 15.3 Å². The number of hydrogen-bond donors (Lipinski definition) is 2. The second kappa shape index (κ2) is 6.49. The molecule has 102 valence electrons. The van der Waals surface area contributed by atoms with E-state index in [4.69, 9.17) is 0 Å². The van der Waals surface area contributed by atoms with Gasteiger partial charge < -0.3 is 15.0 Å². The molecule has 0 unspecified atom stereocenters. The first kappa shape index (κ1) is 13.8. The number of H-pyrrole nitrogens is 1. The van der Waals surface area contributed by atoms with Crippen molar-refractivity contribution in [2.45, 2.75) is 26.4 Å². The van der Waals surface area contributed by atoms with E-state index in [9.17, 15) is 4.79 Å². The Bertz CT molecular complexity index is 548. The van der Waals surface area contributed by atoms with E-state index >= 15 is 0 Å². The molecular formula is C13H17N3O2S. The molecule has 0 saturated heterocycles. The van der Waals surface area contributed by atoms with E-state index in [-0.39, 0.29) is 5.97 Å². The Morgan fingerprint density at radius 2 is 2.32 bits per heavy atom. The van der Waals surface area contributed by atoms with E-state index in [1.54, 1.807) is 17.4 Å². The number of hydrogen-bond acceptors (Lipinski definition) is 5. The first-order valence-electron chi connectivity index (χ1n) is 6.13. The number of aromatic amines is 1. The Morgan fingerprint density at radius 1 is 1.47 bits per heavy atom. The molecule has 0 aliphatic heterocycles. The number of rotatable bonds is 6. The molecule has 0 atom stereocenters. The van der Waals surface area contributed by atoms with Crippen LogP contribution < -0.4 is 5.32 Å². The van der Waals surface area contributed by atoms with Gasteiger partial charge in [0.1, 0.15) is 10.7 Å². The van der Waals surface area contributed by atoms with Gasteiger partial charge in [-0.15, -0.1) is 11.3 Å². The van der Waals surface area contributed by atoms with Gasteiger partial charge in [0.15, 0.2) is 0 Å². The van der Waals surface area contributed by atoms with Crippen molar-refractivity contribution in [3.8, 4) is 0 Å². The number of carbonyl (C=O) groups is 1. The van der Waals surface area contributed by atoms with Crippen molar-refractivity contribution in [2.24, 2.45) is 0 Å². The number of thiazole rings is 1. The van der Waals surface area contributed by atoms with Crippen molar-refractivity contribution < 1.29 is 9.53 Å². The Morgan fingerprint density at radius 3 is 3.00 bits per heavy atom. The molecule has 0 aliphatic rings. The summed E-state index contributed by atoms with van der Waals surface area (Å²) >= 11 is 1.72. The SMILES string of the molecule is CCc1cnc(CNCc2ccc(C(=O)OC)[nH]2)s1. The van der Waals surface area contributed by atoms with E-state index in [0.29, 0.717) is 12.2 Å². The van der Waals surface area contributed by atoms with E-state index < -0.39 is 0 Å². The van der Waals surface area contributed by atoms with Crippen LogP contribution in [0.1, 0.15) is 33.0 Å². The fraction of sp³-hybridized carbons (Fsp3) is 0.385. The molecule has 2 heterocycles. The van der Waals surface area contributed by atoms with Gasteiger partial charge in [0.2, 0.25) is 0 Å². The lowest BCUT2D eigenvalue weighted by molar-refractivity contribution is 0.0594. The highest BCUT2D eigenvalue weighted by molar-refractivity contribution is 7.11. The largest absolute Gasteiger partial charge is 0.464 e. The minimum atomic E-state index is -0.348. The summed E-state index contributed by atoms with van der Waals surface area (Å²) in [5.74, 6) is -0.348. The summed E-state index contributed by atoms with van der Waals surface area (Å²) in [6.07, 6.45) is 2.95. The molecule has 0 radical (unpaired) electrons. The fourth-order valence-electron chi connectivity index (χ4n) is 1.67. The third kappa shape index (κ3) is 3.65. The molecule has 19 heavy (non-hydrogen) atoms. The number of aryl methyl sites for hydroxylation is 1. The fourth-order valence-corrected chi connectivity index (χ4v) is 2.50. The highest BCUT2D eigenvalue weighted by atomic mass is 32.1. The molecule has 0 saturated carbocycles. The van der Waals surface area contributed by atoms with Gasteiger partial charge in [-0.1, -0.05) is 6.92 Å². The van der Waals surface area contributed by atoms with Crippen molar-refractivity contribution in [1.29, 1.82) is 0 Å². The molecule has 5 nitrogen and oxygen atoms in total. The number of carbonyl (C=O) groups excluding carboxylic acids is 1. The molecule has 0 aliphatic carbocycles. The number of methoxy groups -OCH3 is 1. The lowest BCUT2D eigenvalue weighted by Crippen LogP contribution is -2.13. The Kier molecular flexibility index (Phi) is 4.70. The normalized spacial score (nSPS) is 10.6. The van der Waals surface area contributed by atoms with Crippen molar-refractivity contribution in [2.75, 3.05) is 7.11 Å². The van der Waals surface area contributed by atoms with Crippen LogP contribution in [0.5, 0.6) is 0 Å². The second-order valence-electron chi connectivity index (χ2n) is 4.07. The summed E-state index contributed by atoms with van der Waals surface area (Å²) in [7, 11) is 1.37. The highest BCUT2D eigenvalue weighted by Crippen LogP contribution is 2.13. The molecular weight excluding hydrogens is 262 g/mol. The zero-order chi connectivity index (χ0) is 13.7. The molecule has 0 fully saturated rings. The zero-order valence-electron chi connectivity index (χ0n) is 11.0. The van der Waals surface area contributed by atoms with Crippen LogP contribution in [0.2, 0.25) is 0 Å². The molecule has 0 spiro atoms. The van der Waals surface area contributed by atoms with E-state index in [1.807, 2.05) is 12.3 Å². The van der Waals surface area contributed by atoms with E-state index in [0.717, 1.165) is 23.7 Å². The van der Waals surface area contributed by atoms with Crippen LogP contribution in [-0.4, -0.2) is 23.0 Å². The Labute approximate surface area is 116 Å². The standard InChI is InChI=1S/C13H17N3O2S/c1-3-10-7-15-12(19-10)8-14-6-9-4-5-11(16-9)13(17)18-2/h4-5,7,14,16H,3,6,8H2,1-2H3. The maximum absolute atomic E-state index is 11.3. The topological polar surface area (TPSA) is 67.0 Å². The molecule has 2 N–H and O–H groups in total. The van der Waals surface area contributed by atoms with E-state index in [2.05, 4.69) is 26.9 Å². The molecule has 0 aromatic carbocycles. The molecule has 0 amide bonds. The minimum Gasteiger partial charge on any atom is -0.464 e. The molecule has 6 heteroatoms. The number of esters is 1. The van der Waals surface area contributed by atoms with Crippen LogP contribution in [-0.2, 0) is 24.2 Å². The maximum Gasteiger partial charge on any atom is 0.354 e. The van der Waals surface area contributed by atoms with Gasteiger partial charge in [-0.05, 0) is 18.6 Å². The lowest BCUT2D eigenvalue weighted by Gasteiger charge is -2.00. The third-order valence-corrected chi connectivity index (χ3v) is 3.83. The number of aromatic nitrogens is 2. The number of nitrogens with zero attached hydrogens (tertiary/aromatic N) is 1. The van der Waals surface area contributed by atoms with Gasteiger partial charge >= 0.3 is 5.97 Å². The van der Waals surface area contributed by atoms with Gasteiger partial charge in [0, 0.05) is 29.9 Å². The molecule has 2 aromatic heterocycles. The van der Waals surface area contributed by atoms with Crippen LogP contribution in [0.4, 0.5) is 0 Å². The summed E-state index contributed by atoms with van der Waals surface area (Å²) in [5, 5.41) is 4.37. The zero-order valence-corrected chi connectivity index (χ0v) is 11.8. The van der Waals surface area contributed by atoms with Crippen molar-refractivity contribution in [3.63, 3.8) is 0 Å². The highest BCUT2D eigenvalue weighted by Gasteiger charge is 2.07. The van der Waals surface area contributed by atoms with Crippen LogP contribution in [0.3, 0.4) is 0 Å². The summed E-state index contributed by atoms with van der Waals surface area (Å²) < 4.78 is 4.64. The first-order chi connectivity index (χ1) is 9.22. The van der Waals surface area contributed by atoms with Gasteiger partial charge in [0.25, 0.3) is 0 Å². The Balaban J connectivity index is 1.82. The number of nitrogens with one attached hydrogen (secondary N) is 2. The minimum absolute atomic E-state index is 0.348. The van der Waals surface area contributed by atoms with Gasteiger partial charge in [-0.3, -0.25) is 0 Å². The molecule has 0 bridgehead atoms. The smallest absolute Gasteiger partial charge is 0.354 e. The van der Waals surface area contributed by atoms with Gasteiger partial charge in [0.05, 0.1) is 7.11 Å². The monoisotopic (exact) mass is 279 g/mol. The lowest BCUT2D eigenvalue weighted by atomic mass is 10.4. The van der Waals surface area contributed by atoms with Crippen LogP contribution in [0.15, 0.2) is 18.3 Å². The maximum atomic E-state index is 11.3. The van der Waals surface area contributed by atoms with Crippen LogP contribution in [0.25, 0.3) is 0 Å². The summed E-state index contributed by atoms with van der Waals surface area (Å²) in [6, 6.07) is 3.60. The molecule has 2 aromatic rings. The van der Waals surface area contributed by atoms with Crippen molar-refractivity contribution in [3.05, 3.63) is 39.6 Å². The van der Waals surface area contributed by atoms with Crippen LogP contribution in [0, 0.1) is 0 Å². The third-order valence-electron chi connectivity index (χ3n) is 2.69. The Hall–Kier alpha value is -1.66. The van der Waals surface area contributed by atoms with E-state index in [1.165, 1.54) is 12.0 Å². The second-order valence-corrected chi connectivity index (χ2v) is 5.27. The average molecular weight is 279 g/mol. The molecule has 2 rings (SSSR count). The predicted octanol–water partition coefficient (Wildman–Crippen LogP) is 2.11. The summed E-state index contributed by atoms with van der Waals surface area (Å²) in [5.41, 5.74) is 1.43. The number of ether oxygens (including phenoxy) is 1. The van der Waals surface area contributed by atoms with Gasteiger partial charge in [-0.2, -0.15) is 0 Å².